The number of carbonyl (C=O) groups excluding carboxylic acids is 1. The van der Waals surface area contributed by atoms with Gasteiger partial charge in [0.2, 0.25) is 0 Å². The molecule has 0 fully saturated rings. The number of aromatic nitrogens is 1. The average Bonchev–Trinajstić information content (AvgIpc) is 2.27. The van der Waals surface area contributed by atoms with Crippen LogP contribution in [-0.2, 0) is 0 Å². The zero-order valence-corrected chi connectivity index (χ0v) is 11.4. The quantitative estimate of drug-likeness (QED) is 0.734. The van der Waals surface area contributed by atoms with Crippen molar-refractivity contribution in [3.63, 3.8) is 0 Å². The Morgan fingerprint density at radius 3 is 2.59 bits per heavy atom. The topological polar surface area (TPSA) is 33.2 Å². The van der Waals surface area contributed by atoms with E-state index in [2.05, 4.69) is 30.7 Å². The first-order valence-corrected chi connectivity index (χ1v) is 6.12. The normalized spacial score (nSPS) is 12.6. The Morgan fingerprint density at radius 2 is 2.06 bits per heavy atom. The summed E-state index contributed by atoms with van der Waals surface area (Å²) in [5, 5.41) is 0. The van der Waals surface area contributed by atoms with E-state index in [9.17, 15) is 4.79 Å². The second kappa shape index (κ2) is 5.80. The molecule has 0 saturated heterocycles. The maximum absolute atomic E-state index is 11.5. The minimum Gasteiger partial charge on any atom is -0.356 e. The van der Waals surface area contributed by atoms with Crippen molar-refractivity contribution in [1.82, 2.24) is 4.98 Å². The van der Waals surface area contributed by atoms with E-state index >= 15 is 0 Å². The van der Waals surface area contributed by atoms with E-state index < -0.39 is 0 Å². The van der Waals surface area contributed by atoms with Gasteiger partial charge in [-0.3, -0.25) is 4.79 Å². The summed E-state index contributed by atoms with van der Waals surface area (Å²) in [5.74, 6) is 1.49. The van der Waals surface area contributed by atoms with Crippen molar-refractivity contribution in [2.75, 3.05) is 11.9 Å². The van der Waals surface area contributed by atoms with Gasteiger partial charge in [0.05, 0.1) is 5.56 Å². The van der Waals surface area contributed by atoms with E-state index in [1.807, 2.05) is 13.1 Å². The molecular weight excluding hydrogens is 212 g/mol. The third-order valence-corrected chi connectivity index (χ3v) is 2.97. The van der Waals surface area contributed by atoms with Crippen molar-refractivity contribution in [2.24, 2.45) is 5.92 Å². The molecule has 3 nitrogen and oxygen atoms in total. The van der Waals surface area contributed by atoms with E-state index in [0.29, 0.717) is 17.5 Å². The standard InChI is InChI=1S/C14H22N2O/c1-10(2)9-11(3)16(5)14-13(12(4)17)7-6-8-15-14/h6-8,10-11H,9H2,1-5H3. The summed E-state index contributed by atoms with van der Waals surface area (Å²) in [6, 6.07) is 4.02. The van der Waals surface area contributed by atoms with E-state index in [-0.39, 0.29) is 5.78 Å². The lowest BCUT2D eigenvalue weighted by molar-refractivity contribution is 0.101. The third-order valence-electron chi connectivity index (χ3n) is 2.97. The molecule has 0 saturated carbocycles. The van der Waals surface area contributed by atoms with Gasteiger partial charge in [0.15, 0.2) is 5.78 Å². The highest BCUT2D eigenvalue weighted by Gasteiger charge is 2.17. The van der Waals surface area contributed by atoms with Gasteiger partial charge in [0.1, 0.15) is 5.82 Å². The Morgan fingerprint density at radius 1 is 1.41 bits per heavy atom. The molecule has 0 N–H and O–H groups in total. The molecule has 0 radical (unpaired) electrons. The van der Waals surface area contributed by atoms with Crippen LogP contribution in [0.25, 0.3) is 0 Å². The van der Waals surface area contributed by atoms with Gasteiger partial charge in [-0.2, -0.15) is 0 Å². The molecular formula is C14H22N2O. The largest absolute Gasteiger partial charge is 0.356 e. The molecule has 1 atom stereocenters. The maximum Gasteiger partial charge on any atom is 0.163 e. The van der Waals surface area contributed by atoms with E-state index in [4.69, 9.17) is 0 Å². The molecule has 0 aliphatic carbocycles. The summed E-state index contributed by atoms with van der Waals surface area (Å²) >= 11 is 0. The summed E-state index contributed by atoms with van der Waals surface area (Å²) in [5.41, 5.74) is 0.700. The van der Waals surface area contributed by atoms with Gasteiger partial charge in [-0.05, 0) is 38.3 Å². The van der Waals surface area contributed by atoms with Crippen molar-refractivity contribution in [2.45, 2.75) is 40.2 Å². The molecule has 1 aromatic heterocycles. The second-order valence-electron chi connectivity index (χ2n) is 5.02. The number of anilines is 1. The van der Waals surface area contributed by atoms with Gasteiger partial charge in [0.25, 0.3) is 0 Å². The highest BCUT2D eigenvalue weighted by molar-refractivity contribution is 5.98. The van der Waals surface area contributed by atoms with Crippen LogP contribution in [0.15, 0.2) is 18.3 Å². The smallest absolute Gasteiger partial charge is 0.163 e. The zero-order chi connectivity index (χ0) is 13.0. The first-order valence-electron chi connectivity index (χ1n) is 6.12. The fourth-order valence-corrected chi connectivity index (χ4v) is 2.00. The van der Waals surface area contributed by atoms with Crippen molar-refractivity contribution in [3.05, 3.63) is 23.9 Å². The Labute approximate surface area is 104 Å². The molecule has 0 aliphatic heterocycles. The van der Waals surface area contributed by atoms with Crippen LogP contribution in [0.2, 0.25) is 0 Å². The Bertz CT molecular complexity index is 388. The van der Waals surface area contributed by atoms with Crippen LogP contribution < -0.4 is 4.90 Å². The lowest BCUT2D eigenvalue weighted by atomic mass is 10.0. The van der Waals surface area contributed by atoms with Gasteiger partial charge >= 0.3 is 0 Å². The van der Waals surface area contributed by atoms with Crippen molar-refractivity contribution >= 4 is 11.6 Å². The van der Waals surface area contributed by atoms with Gasteiger partial charge in [-0.1, -0.05) is 13.8 Å². The SMILES string of the molecule is CC(=O)c1cccnc1N(C)C(C)CC(C)C. The van der Waals surface area contributed by atoms with E-state index in [1.54, 1.807) is 19.2 Å². The first-order chi connectivity index (χ1) is 7.93. The van der Waals surface area contributed by atoms with Crippen LogP contribution >= 0.6 is 0 Å². The Kier molecular flexibility index (Phi) is 4.67. The lowest BCUT2D eigenvalue weighted by Gasteiger charge is -2.28. The number of nitrogens with zero attached hydrogens (tertiary/aromatic N) is 2. The van der Waals surface area contributed by atoms with E-state index in [1.165, 1.54) is 0 Å². The predicted molar refractivity (Wildman–Crippen MR) is 71.6 cm³/mol. The number of pyridine rings is 1. The van der Waals surface area contributed by atoms with Crippen LogP contribution in [0.1, 0.15) is 44.5 Å². The van der Waals surface area contributed by atoms with Gasteiger partial charge in [-0.15, -0.1) is 0 Å². The van der Waals surface area contributed by atoms with Crippen LogP contribution in [0.4, 0.5) is 5.82 Å². The summed E-state index contributed by atoms with van der Waals surface area (Å²) in [6.07, 6.45) is 2.82. The predicted octanol–water partition coefficient (Wildman–Crippen LogP) is 3.16. The minimum atomic E-state index is 0.0664. The molecule has 0 bridgehead atoms. The lowest BCUT2D eigenvalue weighted by Crippen LogP contribution is -2.32. The number of Topliss-reactive ketones (excluding diaryl/α,β-unsaturated/α-hetero) is 1. The van der Waals surface area contributed by atoms with Crippen LogP contribution in [-0.4, -0.2) is 23.9 Å². The summed E-state index contributed by atoms with van der Waals surface area (Å²) < 4.78 is 0. The first kappa shape index (κ1) is 13.7. The number of rotatable bonds is 5. The highest BCUT2D eigenvalue weighted by Crippen LogP contribution is 2.21. The van der Waals surface area contributed by atoms with Gasteiger partial charge in [-0.25, -0.2) is 4.98 Å². The van der Waals surface area contributed by atoms with Crippen LogP contribution in [0.3, 0.4) is 0 Å². The Hall–Kier alpha value is -1.38. The zero-order valence-electron chi connectivity index (χ0n) is 11.4. The molecule has 3 heteroatoms. The second-order valence-corrected chi connectivity index (χ2v) is 5.02. The summed E-state index contributed by atoms with van der Waals surface area (Å²) in [6.45, 7) is 8.16. The minimum absolute atomic E-state index is 0.0664. The molecule has 1 rings (SSSR count). The Balaban J connectivity index is 2.95. The van der Waals surface area contributed by atoms with Gasteiger partial charge in [0, 0.05) is 19.3 Å². The highest BCUT2D eigenvalue weighted by atomic mass is 16.1. The summed E-state index contributed by atoms with van der Waals surface area (Å²) in [4.78, 5) is 18.0. The van der Waals surface area contributed by atoms with Crippen LogP contribution in [0, 0.1) is 5.92 Å². The number of hydrogen-bond acceptors (Lipinski definition) is 3. The molecule has 1 heterocycles. The molecule has 0 amide bonds. The van der Waals surface area contributed by atoms with E-state index in [0.717, 1.165) is 12.2 Å². The molecule has 1 unspecified atom stereocenters. The average molecular weight is 234 g/mol. The fraction of sp³-hybridized carbons (Fsp3) is 0.571. The third kappa shape index (κ3) is 3.55. The summed E-state index contributed by atoms with van der Waals surface area (Å²) in [7, 11) is 2.00. The monoisotopic (exact) mass is 234 g/mol. The van der Waals surface area contributed by atoms with Crippen molar-refractivity contribution in [1.29, 1.82) is 0 Å². The molecule has 94 valence electrons. The van der Waals surface area contributed by atoms with Crippen molar-refractivity contribution < 1.29 is 4.79 Å². The molecule has 0 aromatic carbocycles. The number of ketones is 1. The molecule has 1 aromatic rings. The molecule has 0 spiro atoms. The van der Waals surface area contributed by atoms with Crippen LogP contribution in [0.5, 0.6) is 0 Å². The number of carbonyl (C=O) groups is 1. The van der Waals surface area contributed by atoms with Crippen molar-refractivity contribution in [3.8, 4) is 0 Å². The molecule has 0 aliphatic rings. The number of hydrogen-bond donors (Lipinski definition) is 0. The van der Waals surface area contributed by atoms with Gasteiger partial charge < -0.3 is 4.90 Å². The molecule has 17 heavy (non-hydrogen) atoms. The fourth-order valence-electron chi connectivity index (χ4n) is 2.00. The maximum atomic E-state index is 11.5.